The maximum absolute atomic E-state index is 11.9. The fourth-order valence-electron chi connectivity index (χ4n) is 3.22. The topological polar surface area (TPSA) is 48.1 Å². The van der Waals surface area contributed by atoms with Gasteiger partial charge in [-0.05, 0) is 36.0 Å². The Morgan fingerprint density at radius 3 is 2.50 bits per heavy atom. The predicted octanol–water partition coefficient (Wildman–Crippen LogP) is 4.74. The lowest BCUT2D eigenvalue weighted by Gasteiger charge is -2.32. The molecule has 0 radical (unpaired) electrons. The lowest BCUT2D eigenvalue weighted by Crippen LogP contribution is -2.41. The van der Waals surface area contributed by atoms with Gasteiger partial charge >= 0.3 is 0 Å². The molecule has 4 nitrogen and oxygen atoms in total. The molecule has 2 rings (SSSR count). The summed E-state index contributed by atoms with van der Waals surface area (Å²) in [5.41, 5.74) is 1.15. The number of benzene rings is 1. The summed E-state index contributed by atoms with van der Waals surface area (Å²) in [5.74, 6) is 5.82. The largest absolute Gasteiger partial charge is 0.411 e. The van der Waals surface area contributed by atoms with Crippen LogP contribution in [0.1, 0.15) is 45.6 Å². The van der Waals surface area contributed by atoms with Gasteiger partial charge in [-0.15, -0.1) is 0 Å². The van der Waals surface area contributed by atoms with Crippen molar-refractivity contribution in [2.24, 2.45) is 0 Å². The third-order valence-corrected chi connectivity index (χ3v) is 10.1. The molecule has 0 aromatic heterocycles. The van der Waals surface area contributed by atoms with Crippen LogP contribution < -0.4 is 0 Å². The zero-order chi connectivity index (χ0) is 20.2. The van der Waals surface area contributed by atoms with Gasteiger partial charge < -0.3 is 13.9 Å². The molecule has 0 saturated carbocycles. The van der Waals surface area contributed by atoms with Gasteiger partial charge in [0.1, 0.15) is 0 Å². The molecule has 1 heterocycles. The minimum atomic E-state index is -1.76. The monoisotopic (exact) mass is 402 g/mol. The van der Waals surface area contributed by atoms with E-state index in [0.717, 1.165) is 36.7 Å². The van der Waals surface area contributed by atoms with E-state index in [4.69, 9.17) is 13.9 Å². The second kappa shape index (κ2) is 12.2. The molecule has 154 valence electrons. The summed E-state index contributed by atoms with van der Waals surface area (Å²) >= 11 is 0. The Balaban J connectivity index is 1.89. The fraction of sp³-hybridized carbons (Fsp3) is 0.609. The van der Waals surface area contributed by atoms with Crippen LogP contribution in [0.2, 0.25) is 18.1 Å². The van der Waals surface area contributed by atoms with Crippen molar-refractivity contribution in [2.45, 2.75) is 77.0 Å². The van der Waals surface area contributed by atoms with Gasteiger partial charge in [0.05, 0.1) is 32.0 Å². The smallest absolute Gasteiger partial charge is 0.205 e. The first-order chi connectivity index (χ1) is 13.6. The van der Waals surface area contributed by atoms with Gasteiger partial charge in [0.2, 0.25) is 5.78 Å². The van der Waals surface area contributed by atoms with E-state index >= 15 is 0 Å². The molecule has 1 aliphatic rings. The second-order valence-corrected chi connectivity index (χ2v) is 12.1. The summed E-state index contributed by atoms with van der Waals surface area (Å²) in [6.07, 6.45) is 1.99. The lowest BCUT2D eigenvalue weighted by molar-refractivity contribution is -0.114. The number of carbonyl (C=O) groups is 1. The predicted molar refractivity (Wildman–Crippen MR) is 115 cm³/mol. The summed E-state index contributed by atoms with van der Waals surface area (Å²) < 4.78 is 17.7. The quantitative estimate of drug-likeness (QED) is 0.207. The molecular formula is C23H34O4Si. The number of hydrogen-bond acceptors (Lipinski definition) is 4. The highest BCUT2D eigenvalue weighted by molar-refractivity contribution is 6.73. The van der Waals surface area contributed by atoms with Crippen LogP contribution in [-0.4, -0.2) is 39.5 Å². The van der Waals surface area contributed by atoms with Crippen LogP contribution in [0.4, 0.5) is 0 Å². The highest BCUT2D eigenvalue weighted by Crippen LogP contribution is 2.24. The van der Waals surface area contributed by atoms with Crippen molar-refractivity contribution in [1.82, 2.24) is 0 Å². The van der Waals surface area contributed by atoms with E-state index in [1.807, 2.05) is 18.2 Å². The highest BCUT2D eigenvalue weighted by atomic mass is 28.4. The number of rotatable bonds is 13. The van der Waals surface area contributed by atoms with Gasteiger partial charge in [0, 0.05) is 12.8 Å². The summed E-state index contributed by atoms with van der Waals surface area (Å²) in [4.78, 5) is 11.9. The molecule has 0 spiro atoms. The van der Waals surface area contributed by atoms with Crippen LogP contribution in [0.5, 0.6) is 0 Å². The molecule has 1 aromatic rings. The van der Waals surface area contributed by atoms with E-state index in [-0.39, 0.29) is 18.0 Å². The molecule has 2 atom stereocenters. The molecule has 1 unspecified atom stereocenters. The molecule has 0 aliphatic carbocycles. The van der Waals surface area contributed by atoms with Crippen LogP contribution in [0.3, 0.4) is 0 Å². The molecule has 0 N–H and O–H groups in total. The summed E-state index contributed by atoms with van der Waals surface area (Å²) in [7, 11) is -1.76. The van der Waals surface area contributed by atoms with Gasteiger partial charge in [0.25, 0.3) is 0 Å². The number of carbonyl (C=O) groups excluding carboxylic acids is 1. The first-order valence-corrected chi connectivity index (χ1v) is 13.1. The third kappa shape index (κ3) is 8.28. The van der Waals surface area contributed by atoms with E-state index in [0.29, 0.717) is 26.1 Å². The van der Waals surface area contributed by atoms with Crippen LogP contribution >= 0.6 is 0 Å². The van der Waals surface area contributed by atoms with Crippen molar-refractivity contribution >= 4 is 14.1 Å². The number of Topliss-reactive ketones (excluding diaryl/α,β-unsaturated/α-hetero) is 1. The maximum atomic E-state index is 11.9. The van der Waals surface area contributed by atoms with Crippen molar-refractivity contribution in [3.8, 4) is 11.8 Å². The van der Waals surface area contributed by atoms with Gasteiger partial charge in [-0.25, -0.2) is 0 Å². The zero-order valence-corrected chi connectivity index (χ0v) is 18.5. The maximum Gasteiger partial charge on any atom is 0.205 e. The molecular weight excluding hydrogens is 368 g/mol. The Labute approximate surface area is 171 Å². The zero-order valence-electron chi connectivity index (χ0n) is 17.5. The molecule has 1 aromatic carbocycles. The first-order valence-electron chi connectivity index (χ1n) is 10.5. The minimum absolute atomic E-state index is 0.00978. The van der Waals surface area contributed by atoms with Crippen molar-refractivity contribution in [3.05, 3.63) is 35.9 Å². The fourth-order valence-corrected chi connectivity index (χ4v) is 6.08. The second-order valence-electron chi connectivity index (χ2n) is 7.41. The SMILES string of the molecule is CC[Si](CC)(CC)O[C@@H](CC#CC(=O)CCC1CO1)COCc1ccccc1. The van der Waals surface area contributed by atoms with Crippen LogP contribution in [0.15, 0.2) is 30.3 Å². The Bertz CT molecular complexity index is 633. The molecule has 0 amide bonds. The minimum Gasteiger partial charge on any atom is -0.411 e. The number of epoxide rings is 1. The number of ketones is 1. The Morgan fingerprint density at radius 1 is 1.21 bits per heavy atom. The lowest BCUT2D eigenvalue weighted by atomic mass is 10.2. The molecule has 1 fully saturated rings. The Morgan fingerprint density at radius 2 is 1.89 bits per heavy atom. The van der Waals surface area contributed by atoms with E-state index in [2.05, 4.69) is 44.7 Å². The van der Waals surface area contributed by atoms with Gasteiger partial charge in [0.15, 0.2) is 8.32 Å². The van der Waals surface area contributed by atoms with Crippen molar-refractivity contribution in [2.75, 3.05) is 13.2 Å². The normalized spacial score (nSPS) is 16.9. The molecule has 1 aliphatic heterocycles. The highest BCUT2D eigenvalue weighted by Gasteiger charge is 2.32. The molecule has 5 heteroatoms. The summed E-state index contributed by atoms with van der Waals surface area (Å²) in [6, 6.07) is 13.4. The standard InChI is InChI=1S/C23H34O4Si/c1-4-28(5-2,6-3)27-23(18-25-17-20-11-8-7-9-12-20)14-10-13-21(24)15-16-22-19-26-22/h7-9,11-12,22-23H,4-6,14-19H2,1-3H3/t22?,23-/m0/s1. The van der Waals surface area contributed by atoms with Crippen LogP contribution in [0.25, 0.3) is 0 Å². The molecule has 28 heavy (non-hydrogen) atoms. The van der Waals surface area contributed by atoms with Crippen LogP contribution in [-0.2, 0) is 25.3 Å². The average molecular weight is 403 g/mol. The van der Waals surface area contributed by atoms with Gasteiger partial charge in [-0.3, -0.25) is 4.79 Å². The van der Waals surface area contributed by atoms with Crippen molar-refractivity contribution in [1.29, 1.82) is 0 Å². The molecule has 1 saturated heterocycles. The van der Waals surface area contributed by atoms with Crippen molar-refractivity contribution in [3.63, 3.8) is 0 Å². The van der Waals surface area contributed by atoms with Gasteiger partial charge in [-0.2, -0.15) is 0 Å². The van der Waals surface area contributed by atoms with E-state index < -0.39 is 8.32 Å². The van der Waals surface area contributed by atoms with Crippen LogP contribution in [0, 0.1) is 11.8 Å². The Kier molecular flexibility index (Phi) is 9.93. The van der Waals surface area contributed by atoms with E-state index in [1.165, 1.54) is 0 Å². The first kappa shape index (κ1) is 22.8. The number of hydrogen-bond donors (Lipinski definition) is 0. The third-order valence-electron chi connectivity index (χ3n) is 5.42. The molecule has 0 bridgehead atoms. The van der Waals surface area contributed by atoms with Crippen molar-refractivity contribution < 1.29 is 18.7 Å². The summed E-state index contributed by atoms with van der Waals surface area (Å²) in [6.45, 7) is 8.51. The Hall–Kier alpha value is -1.45. The van der Waals surface area contributed by atoms with E-state index in [9.17, 15) is 4.79 Å². The number of ether oxygens (including phenoxy) is 2. The van der Waals surface area contributed by atoms with Gasteiger partial charge in [-0.1, -0.05) is 57.0 Å². The summed E-state index contributed by atoms with van der Waals surface area (Å²) in [5, 5.41) is 0. The van der Waals surface area contributed by atoms with E-state index in [1.54, 1.807) is 0 Å². The average Bonchev–Trinajstić information content (AvgIpc) is 3.55.